The number of anilines is 3. The van der Waals surface area contributed by atoms with Crippen molar-refractivity contribution in [1.29, 1.82) is 5.26 Å². The maximum absolute atomic E-state index is 9.39. The summed E-state index contributed by atoms with van der Waals surface area (Å²) in [5, 5.41) is 9.39. The number of benzene rings is 4. The average molecular weight is 464 g/mol. The van der Waals surface area contributed by atoms with E-state index in [0.717, 1.165) is 28.1 Å². The van der Waals surface area contributed by atoms with E-state index in [1.54, 1.807) is 12.3 Å². The van der Waals surface area contributed by atoms with Gasteiger partial charge in [-0.15, -0.1) is 0 Å². The monoisotopic (exact) mass is 463 g/mol. The van der Waals surface area contributed by atoms with E-state index in [2.05, 4.69) is 115 Å². The van der Waals surface area contributed by atoms with E-state index >= 15 is 0 Å². The number of hydrogen-bond donors (Lipinski definition) is 0. The molecule has 0 unspecified atom stereocenters. The predicted octanol–water partition coefficient (Wildman–Crippen LogP) is 8.40. The summed E-state index contributed by atoms with van der Waals surface area (Å²) in [6.07, 6.45) is 1.70. The summed E-state index contributed by atoms with van der Waals surface area (Å²) >= 11 is 0. The topological polar surface area (TPSA) is 39.9 Å². The molecule has 5 aromatic rings. The second kappa shape index (κ2) is 8.52. The van der Waals surface area contributed by atoms with Crippen LogP contribution in [0.15, 0.2) is 115 Å². The van der Waals surface area contributed by atoms with Gasteiger partial charge in [0.25, 0.3) is 0 Å². The molecule has 0 saturated carbocycles. The van der Waals surface area contributed by atoms with E-state index in [9.17, 15) is 5.26 Å². The molecule has 172 valence electrons. The molecule has 1 aromatic heterocycles. The molecule has 0 radical (unpaired) electrons. The zero-order valence-corrected chi connectivity index (χ0v) is 20.3. The van der Waals surface area contributed by atoms with Crippen molar-refractivity contribution in [3.63, 3.8) is 0 Å². The van der Waals surface area contributed by atoms with Gasteiger partial charge in [-0.2, -0.15) is 5.26 Å². The fourth-order valence-electron chi connectivity index (χ4n) is 5.37. The Bertz CT molecular complexity index is 1590. The van der Waals surface area contributed by atoms with E-state index in [0.29, 0.717) is 5.56 Å². The molecule has 3 heteroatoms. The van der Waals surface area contributed by atoms with Gasteiger partial charge in [-0.05, 0) is 58.7 Å². The van der Waals surface area contributed by atoms with Crippen LogP contribution in [0.5, 0.6) is 0 Å². The van der Waals surface area contributed by atoms with Gasteiger partial charge in [0.2, 0.25) is 0 Å². The highest BCUT2D eigenvalue weighted by atomic mass is 15.2. The Morgan fingerprint density at radius 2 is 1.33 bits per heavy atom. The molecular formula is C33H25N3. The smallest absolute Gasteiger partial charge is 0.0992 e. The lowest BCUT2D eigenvalue weighted by Gasteiger charge is -2.42. The first kappa shape index (κ1) is 21.8. The lowest BCUT2D eigenvalue weighted by Crippen LogP contribution is -2.30. The summed E-state index contributed by atoms with van der Waals surface area (Å²) < 4.78 is 0. The highest BCUT2D eigenvalue weighted by Gasteiger charge is 2.36. The summed E-state index contributed by atoms with van der Waals surface area (Å²) in [6, 6.07) is 40.1. The molecular weight excluding hydrogens is 438 g/mol. The molecule has 0 spiro atoms. The minimum Gasteiger partial charge on any atom is -0.310 e. The van der Waals surface area contributed by atoms with Crippen LogP contribution in [0.2, 0.25) is 0 Å². The average Bonchev–Trinajstić information content (AvgIpc) is 2.93. The van der Waals surface area contributed by atoms with Crippen molar-refractivity contribution in [3.05, 3.63) is 132 Å². The van der Waals surface area contributed by atoms with Crippen LogP contribution in [-0.4, -0.2) is 4.98 Å². The van der Waals surface area contributed by atoms with Gasteiger partial charge in [0, 0.05) is 22.9 Å². The van der Waals surface area contributed by atoms with Gasteiger partial charge in [0.05, 0.1) is 28.7 Å². The van der Waals surface area contributed by atoms with E-state index in [-0.39, 0.29) is 5.41 Å². The molecule has 36 heavy (non-hydrogen) atoms. The fourth-order valence-corrected chi connectivity index (χ4v) is 5.37. The Morgan fingerprint density at radius 1 is 0.694 bits per heavy atom. The minimum atomic E-state index is -0.0919. The number of aromatic nitrogens is 1. The van der Waals surface area contributed by atoms with Gasteiger partial charge < -0.3 is 4.90 Å². The van der Waals surface area contributed by atoms with Crippen LogP contribution >= 0.6 is 0 Å². The van der Waals surface area contributed by atoms with Crippen molar-refractivity contribution in [1.82, 2.24) is 4.98 Å². The molecule has 0 bridgehead atoms. The second-order valence-electron chi connectivity index (χ2n) is 9.63. The summed E-state index contributed by atoms with van der Waals surface area (Å²) in [7, 11) is 0. The summed E-state index contributed by atoms with van der Waals surface area (Å²) in [6.45, 7) is 4.61. The summed E-state index contributed by atoms with van der Waals surface area (Å²) in [5.74, 6) is 0. The Balaban J connectivity index is 1.53. The molecule has 0 N–H and O–H groups in total. The van der Waals surface area contributed by atoms with Crippen molar-refractivity contribution in [2.45, 2.75) is 19.3 Å². The van der Waals surface area contributed by atoms with Gasteiger partial charge in [0.15, 0.2) is 0 Å². The van der Waals surface area contributed by atoms with Gasteiger partial charge in [-0.1, -0.05) is 86.6 Å². The zero-order chi connectivity index (χ0) is 24.7. The fraction of sp³-hybridized carbons (Fsp3) is 0.0909. The predicted molar refractivity (Wildman–Crippen MR) is 147 cm³/mol. The van der Waals surface area contributed by atoms with Crippen LogP contribution in [-0.2, 0) is 5.41 Å². The summed E-state index contributed by atoms with van der Waals surface area (Å²) in [5.41, 5.74) is 10.6. The first-order valence-electron chi connectivity index (χ1n) is 12.1. The molecule has 2 heterocycles. The number of fused-ring (bicyclic) bond motifs is 2. The Hall–Kier alpha value is -4.68. The third-order valence-electron chi connectivity index (χ3n) is 7.14. The maximum Gasteiger partial charge on any atom is 0.0992 e. The largest absolute Gasteiger partial charge is 0.310 e. The molecule has 4 aromatic carbocycles. The molecule has 0 fully saturated rings. The normalized spacial score (nSPS) is 13.4. The van der Waals surface area contributed by atoms with E-state index in [1.165, 1.54) is 22.5 Å². The third-order valence-corrected chi connectivity index (χ3v) is 7.14. The molecule has 1 aliphatic rings. The lowest BCUT2D eigenvalue weighted by molar-refractivity contribution is 0.632. The van der Waals surface area contributed by atoms with Crippen molar-refractivity contribution in [2.24, 2.45) is 0 Å². The maximum atomic E-state index is 9.39. The van der Waals surface area contributed by atoms with Crippen molar-refractivity contribution in [3.8, 4) is 28.5 Å². The highest BCUT2D eigenvalue weighted by Crippen LogP contribution is 2.51. The number of nitriles is 1. The number of rotatable bonds is 3. The van der Waals surface area contributed by atoms with E-state index in [4.69, 9.17) is 0 Å². The van der Waals surface area contributed by atoms with Crippen LogP contribution in [0.4, 0.5) is 17.1 Å². The molecule has 6 rings (SSSR count). The van der Waals surface area contributed by atoms with E-state index < -0.39 is 0 Å². The quantitative estimate of drug-likeness (QED) is 0.270. The first-order chi connectivity index (χ1) is 17.6. The van der Waals surface area contributed by atoms with Gasteiger partial charge in [-0.25, -0.2) is 0 Å². The number of nitrogens with zero attached hydrogens (tertiary/aromatic N) is 3. The van der Waals surface area contributed by atoms with Crippen LogP contribution in [0.1, 0.15) is 30.5 Å². The SMILES string of the molecule is CC1(C)c2ccccc2N(c2cccc(-c3ccccc3-c3cc(C#N)ccn3)c2)c2ccccc21. The lowest BCUT2D eigenvalue weighted by atomic mass is 9.73. The molecule has 0 atom stereocenters. The van der Waals surface area contributed by atoms with Crippen molar-refractivity contribution < 1.29 is 0 Å². The van der Waals surface area contributed by atoms with Gasteiger partial charge in [0.1, 0.15) is 0 Å². The van der Waals surface area contributed by atoms with Crippen molar-refractivity contribution >= 4 is 17.1 Å². The Labute approximate surface area is 211 Å². The Kier molecular flexibility index (Phi) is 5.16. The summed E-state index contributed by atoms with van der Waals surface area (Å²) in [4.78, 5) is 6.94. The van der Waals surface area contributed by atoms with Crippen LogP contribution in [0, 0.1) is 11.3 Å². The standard InChI is InChI=1S/C33H25N3/c1-33(2)28-14-5-7-16-31(28)36(32-17-8-6-15-29(32)33)25-11-9-10-24(21-25)26-12-3-4-13-27(26)30-20-23(22-34)18-19-35-30/h3-21H,1-2H3. The molecule has 0 amide bonds. The second-order valence-corrected chi connectivity index (χ2v) is 9.63. The van der Waals surface area contributed by atoms with Crippen molar-refractivity contribution in [2.75, 3.05) is 4.90 Å². The van der Waals surface area contributed by atoms with Gasteiger partial charge >= 0.3 is 0 Å². The van der Waals surface area contributed by atoms with Crippen LogP contribution in [0.25, 0.3) is 22.4 Å². The highest BCUT2D eigenvalue weighted by molar-refractivity contribution is 5.89. The first-order valence-corrected chi connectivity index (χ1v) is 12.1. The zero-order valence-electron chi connectivity index (χ0n) is 20.3. The molecule has 3 nitrogen and oxygen atoms in total. The Morgan fingerprint density at radius 3 is 2.03 bits per heavy atom. The van der Waals surface area contributed by atoms with E-state index in [1.807, 2.05) is 18.2 Å². The third kappa shape index (κ3) is 3.47. The molecule has 1 aliphatic heterocycles. The minimum absolute atomic E-state index is 0.0919. The number of hydrogen-bond acceptors (Lipinski definition) is 3. The molecule has 0 saturated heterocycles. The van der Waals surface area contributed by atoms with Crippen LogP contribution in [0.3, 0.4) is 0 Å². The van der Waals surface area contributed by atoms with Gasteiger partial charge in [-0.3, -0.25) is 4.98 Å². The number of para-hydroxylation sites is 2. The molecule has 0 aliphatic carbocycles. The van der Waals surface area contributed by atoms with Crippen LogP contribution < -0.4 is 4.90 Å². The number of pyridine rings is 1.